The highest BCUT2D eigenvalue weighted by Crippen LogP contribution is 2.25. The van der Waals surface area contributed by atoms with E-state index in [0.717, 1.165) is 22.3 Å². The van der Waals surface area contributed by atoms with Crippen LogP contribution < -0.4 is 0 Å². The van der Waals surface area contributed by atoms with E-state index in [2.05, 4.69) is 10.1 Å². The van der Waals surface area contributed by atoms with Gasteiger partial charge >= 0.3 is 0 Å². The van der Waals surface area contributed by atoms with Crippen LogP contribution in [0.1, 0.15) is 11.6 Å². The van der Waals surface area contributed by atoms with Crippen molar-refractivity contribution in [3.05, 3.63) is 35.9 Å². The van der Waals surface area contributed by atoms with Gasteiger partial charge in [-0.05, 0) is 38.1 Å². The average Bonchev–Trinajstić information content (AvgIpc) is 2.81. The van der Waals surface area contributed by atoms with Crippen LogP contribution in [0, 0.1) is 13.8 Å². The Balaban J connectivity index is 2.17. The molecule has 16 heavy (non-hydrogen) atoms. The molecule has 4 heteroatoms. The van der Waals surface area contributed by atoms with Crippen molar-refractivity contribution in [2.45, 2.75) is 13.8 Å². The fourth-order valence-electron chi connectivity index (χ4n) is 1.72. The highest BCUT2D eigenvalue weighted by atomic mass is 16.5. The standard InChI is InChI=1S/C12H10N2O2/c1-7-5-10-6-9(3-4-11(10)15-7)12-13-8(2)14-16-12/h3-6H,1-2H3. The van der Waals surface area contributed by atoms with Crippen LogP contribution >= 0.6 is 0 Å². The molecule has 2 heterocycles. The van der Waals surface area contributed by atoms with Crippen LogP contribution in [0.15, 0.2) is 33.2 Å². The summed E-state index contributed by atoms with van der Waals surface area (Å²) in [6.07, 6.45) is 0. The van der Waals surface area contributed by atoms with Crippen molar-refractivity contribution in [2.24, 2.45) is 0 Å². The van der Waals surface area contributed by atoms with Crippen molar-refractivity contribution in [1.82, 2.24) is 10.1 Å². The smallest absolute Gasteiger partial charge is 0.257 e. The lowest BCUT2D eigenvalue weighted by atomic mass is 10.1. The molecule has 3 aromatic rings. The lowest BCUT2D eigenvalue weighted by molar-refractivity contribution is 0.425. The Morgan fingerprint density at radius 1 is 1.12 bits per heavy atom. The number of aryl methyl sites for hydroxylation is 2. The number of hydrogen-bond donors (Lipinski definition) is 0. The summed E-state index contributed by atoms with van der Waals surface area (Å²) >= 11 is 0. The van der Waals surface area contributed by atoms with Crippen LogP contribution in [-0.2, 0) is 0 Å². The van der Waals surface area contributed by atoms with Crippen molar-refractivity contribution < 1.29 is 8.94 Å². The van der Waals surface area contributed by atoms with Crippen LogP contribution in [-0.4, -0.2) is 10.1 Å². The van der Waals surface area contributed by atoms with E-state index < -0.39 is 0 Å². The molecule has 0 fully saturated rings. The van der Waals surface area contributed by atoms with Crippen molar-refractivity contribution in [2.75, 3.05) is 0 Å². The number of hydrogen-bond acceptors (Lipinski definition) is 4. The van der Waals surface area contributed by atoms with Crippen LogP contribution in [0.3, 0.4) is 0 Å². The maximum absolute atomic E-state index is 5.50. The highest BCUT2D eigenvalue weighted by molar-refractivity contribution is 5.82. The third-order valence-corrected chi connectivity index (χ3v) is 2.41. The molecule has 0 aliphatic rings. The molecule has 0 saturated carbocycles. The van der Waals surface area contributed by atoms with Gasteiger partial charge in [0.25, 0.3) is 5.89 Å². The lowest BCUT2D eigenvalue weighted by Crippen LogP contribution is -1.77. The van der Waals surface area contributed by atoms with E-state index in [1.807, 2.05) is 31.2 Å². The molecule has 80 valence electrons. The summed E-state index contributed by atoms with van der Waals surface area (Å²) in [5.74, 6) is 2.07. The molecule has 3 rings (SSSR count). The maximum Gasteiger partial charge on any atom is 0.257 e. The molecule has 0 aliphatic carbocycles. The van der Waals surface area contributed by atoms with Crippen molar-refractivity contribution in [1.29, 1.82) is 0 Å². The Labute approximate surface area is 91.9 Å². The number of furan rings is 1. The Kier molecular flexibility index (Phi) is 1.83. The van der Waals surface area contributed by atoms with E-state index in [0.29, 0.717) is 11.7 Å². The number of rotatable bonds is 1. The summed E-state index contributed by atoms with van der Waals surface area (Å²) in [5, 5.41) is 4.82. The predicted octanol–water partition coefficient (Wildman–Crippen LogP) is 3.10. The molecular weight excluding hydrogens is 204 g/mol. The number of nitrogens with zero attached hydrogens (tertiary/aromatic N) is 2. The fourth-order valence-corrected chi connectivity index (χ4v) is 1.72. The molecule has 0 aliphatic heterocycles. The molecule has 2 aromatic heterocycles. The minimum absolute atomic E-state index is 0.540. The second-order valence-corrected chi connectivity index (χ2v) is 3.76. The first-order chi connectivity index (χ1) is 7.72. The molecule has 0 bridgehead atoms. The third-order valence-electron chi connectivity index (χ3n) is 2.41. The fraction of sp³-hybridized carbons (Fsp3) is 0.167. The molecule has 1 aromatic carbocycles. The molecule has 0 amide bonds. The van der Waals surface area contributed by atoms with Gasteiger partial charge in [-0.3, -0.25) is 0 Å². The zero-order chi connectivity index (χ0) is 11.1. The first kappa shape index (κ1) is 9.15. The van der Waals surface area contributed by atoms with Gasteiger partial charge in [-0.15, -0.1) is 0 Å². The molecule has 0 spiro atoms. The second-order valence-electron chi connectivity index (χ2n) is 3.76. The van der Waals surface area contributed by atoms with Gasteiger partial charge in [0.15, 0.2) is 5.82 Å². The lowest BCUT2D eigenvalue weighted by Gasteiger charge is -1.93. The monoisotopic (exact) mass is 214 g/mol. The Morgan fingerprint density at radius 2 is 2.00 bits per heavy atom. The van der Waals surface area contributed by atoms with Crippen LogP contribution in [0.5, 0.6) is 0 Å². The third kappa shape index (κ3) is 1.39. The Morgan fingerprint density at radius 3 is 2.75 bits per heavy atom. The van der Waals surface area contributed by atoms with Crippen LogP contribution in [0.25, 0.3) is 22.4 Å². The van der Waals surface area contributed by atoms with Crippen molar-refractivity contribution in [3.8, 4) is 11.5 Å². The highest BCUT2D eigenvalue weighted by Gasteiger charge is 2.08. The number of fused-ring (bicyclic) bond motifs is 1. The summed E-state index contributed by atoms with van der Waals surface area (Å²) in [6, 6.07) is 7.80. The van der Waals surface area contributed by atoms with Gasteiger partial charge in [0.05, 0.1) is 0 Å². The molecule has 0 radical (unpaired) electrons. The maximum atomic E-state index is 5.50. The molecular formula is C12H10N2O2. The van der Waals surface area contributed by atoms with Crippen LogP contribution in [0.4, 0.5) is 0 Å². The van der Waals surface area contributed by atoms with Crippen LogP contribution in [0.2, 0.25) is 0 Å². The van der Waals surface area contributed by atoms with E-state index in [1.54, 1.807) is 6.92 Å². The SMILES string of the molecule is Cc1noc(-c2ccc3oc(C)cc3c2)n1. The summed E-state index contributed by atoms with van der Waals surface area (Å²) < 4.78 is 10.6. The zero-order valence-electron chi connectivity index (χ0n) is 9.02. The van der Waals surface area contributed by atoms with Gasteiger partial charge in [-0.2, -0.15) is 4.98 Å². The zero-order valence-corrected chi connectivity index (χ0v) is 9.02. The van der Waals surface area contributed by atoms with Crippen molar-refractivity contribution >= 4 is 11.0 Å². The predicted molar refractivity (Wildman–Crippen MR) is 59.0 cm³/mol. The van der Waals surface area contributed by atoms with Gasteiger partial charge in [0.1, 0.15) is 11.3 Å². The minimum Gasteiger partial charge on any atom is -0.461 e. The molecule has 0 saturated heterocycles. The topological polar surface area (TPSA) is 52.1 Å². The van der Waals surface area contributed by atoms with Gasteiger partial charge in [-0.25, -0.2) is 0 Å². The van der Waals surface area contributed by atoms with E-state index in [-0.39, 0.29) is 0 Å². The van der Waals surface area contributed by atoms with Gasteiger partial charge in [0.2, 0.25) is 0 Å². The number of benzene rings is 1. The van der Waals surface area contributed by atoms with Gasteiger partial charge in [-0.1, -0.05) is 5.16 Å². The van der Waals surface area contributed by atoms with E-state index >= 15 is 0 Å². The molecule has 0 N–H and O–H groups in total. The Hall–Kier alpha value is -2.10. The minimum atomic E-state index is 0.540. The van der Waals surface area contributed by atoms with E-state index in [9.17, 15) is 0 Å². The Bertz CT molecular complexity index is 652. The van der Waals surface area contributed by atoms with Gasteiger partial charge in [0, 0.05) is 10.9 Å². The van der Waals surface area contributed by atoms with E-state index in [4.69, 9.17) is 8.94 Å². The summed E-state index contributed by atoms with van der Waals surface area (Å²) in [5.41, 5.74) is 1.78. The summed E-state index contributed by atoms with van der Waals surface area (Å²) in [4.78, 5) is 4.19. The summed E-state index contributed by atoms with van der Waals surface area (Å²) in [6.45, 7) is 3.73. The first-order valence-corrected chi connectivity index (χ1v) is 5.03. The first-order valence-electron chi connectivity index (χ1n) is 5.03. The normalized spacial score (nSPS) is 11.1. The molecule has 4 nitrogen and oxygen atoms in total. The number of aromatic nitrogens is 2. The average molecular weight is 214 g/mol. The van der Waals surface area contributed by atoms with Gasteiger partial charge < -0.3 is 8.94 Å². The van der Waals surface area contributed by atoms with Crippen molar-refractivity contribution in [3.63, 3.8) is 0 Å². The second kappa shape index (κ2) is 3.20. The van der Waals surface area contributed by atoms with E-state index in [1.165, 1.54) is 0 Å². The quantitative estimate of drug-likeness (QED) is 0.624. The molecule has 0 unspecified atom stereocenters. The molecule has 0 atom stereocenters. The largest absolute Gasteiger partial charge is 0.461 e. The summed E-state index contributed by atoms with van der Waals surface area (Å²) in [7, 11) is 0.